The molecule has 2 rings (SSSR count). The highest BCUT2D eigenvalue weighted by Gasteiger charge is 2.14. The molecular weight excluding hydrogens is 318 g/mol. The molecule has 0 aliphatic heterocycles. The van der Waals surface area contributed by atoms with Crippen molar-refractivity contribution in [2.45, 2.75) is 32.0 Å². The molecule has 0 N–H and O–H groups in total. The van der Waals surface area contributed by atoms with Crippen LogP contribution in [0.2, 0.25) is 0 Å². The van der Waals surface area contributed by atoms with E-state index >= 15 is 0 Å². The topological polar surface area (TPSA) is 64.8 Å². The third-order valence-corrected chi connectivity index (χ3v) is 5.30. The van der Waals surface area contributed by atoms with Crippen LogP contribution >= 0.6 is 11.8 Å². The van der Waals surface area contributed by atoms with E-state index in [-0.39, 0.29) is 5.75 Å². The first-order valence-electron chi connectivity index (χ1n) is 7.21. The predicted octanol–water partition coefficient (Wildman–Crippen LogP) is 2.80. The number of hydrogen-bond acceptors (Lipinski definition) is 5. The molecule has 22 heavy (non-hydrogen) atoms. The summed E-state index contributed by atoms with van der Waals surface area (Å²) < 4.78 is 24.6. The van der Waals surface area contributed by atoms with Crippen LogP contribution in [0.15, 0.2) is 29.4 Å². The van der Waals surface area contributed by atoms with Crippen LogP contribution in [0.25, 0.3) is 11.4 Å². The van der Waals surface area contributed by atoms with Crippen LogP contribution in [0, 0.1) is 6.92 Å². The lowest BCUT2D eigenvalue weighted by molar-refractivity contribution is 0.603. The zero-order chi connectivity index (χ0) is 16.2. The molecule has 0 aliphatic carbocycles. The molecular formula is C15H21N3O2S2. The van der Waals surface area contributed by atoms with Crippen LogP contribution in [-0.4, -0.2) is 40.9 Å². The minimum Gasteiger partial charge on any atom is -0.302 e. The third-order valence-electron chi connectivity index (χ3n) is 3.13. The molecule has 1 aromatic heterocycles. The standard InChI is InChI=1S/C15H21N3O2S2/c1-4-8-18-14(13-7-5-6-12(2)11-13)16-17-15(18)21-9-10-22(3,19)20/h5-7,11H,4,8-10H2,1-3H3. The molecule has 7 heteroatoms. The fourth-order valence-electron chi connectivity index (χ4n) is 2.10. The van der Waals surface area contributed by atoms with E-state index in [1.54, 1.807) is 0 Å². The molecule has 0 saturated heterocycles. The summed E-state index contributed by atoms with van der Waals surface area (Å²) in [6, 6.07) is 8.16. The Morgan fingerprint density at radius 3 is 2.68 bits per heavy atom. The van der Waals surface area contributed by atoms with Crippen molar-refractivity contribution >= 4 is 21.6 Å². The molecule has 0 bridgehead atoms. The zero-order valence-electron chi connectivity index (χ0n) is 13.1. The fraction of sp³-hybridized carbons (Fsp3) is 0.467. The molecule has 0 atom stereocenters. The Hall–Kier alpha value is -1.34. The van der Waals surface area contributed by atoms with Gasteiger partial charge in [-0.1, -0.05) is 42.4 Å². The zero-order valence-corrected chi connectivity index (χ0v) is 14.7. The molecule has 1 heterocycles. The SMILES string of the molecule is CCCn1c(SCCS(C)(=O)=O)nnc1-c1cccc(C)c1. The molecule has 1 aromatic carbocycles. The fourth-order valence-corrected chi connectivity index (χ4v) is 4.26. The van der Waals surface area contributed by atoms with Gasteiger partial charge in [0, 0.05) is 24.1 Å². The summed E-state index contributed by atoms with van der Waals surface area (Å²) in [5.41, 5.74) is 2.21. The Morgan fingerprint density at radius 1 is 1.27 bits per heavy atom. The number of aromatic nitrogens is 3. The van der Waals surface area contributed by atoms with E-state index in [1.807, 2.05) is 25.1 Å². The van der Waals surface area contributed by atoms with Crippen LogP contribution < -0.4 is 0 Å². The van der Waals surface area contributed by atoms with E-state index in [1.165, 1.54) is 23.6 Å². The van der Waals surface area contributed by atoms with Crippen molar-refractivity contribution in [2.75, 3.05) is 17.8 Å². The van der Waals surface area contributed by atoms with Gasteiger partial charge in [0.15, 0.2) is 11.0 Å². The van der Waals surface area contributed by atoms with Gasteiger partial charge in [0.05, 0.1) is 5.75 Å². The quantitative estimate of drug-likeness (QED) is 0.726. The van der Waals surface area contributed by atoms with Gasteiger partial charge in [-0.05, 0) is 19.4 Å². The average molecular weight is 339 g/mol. The lowest BCUT2D eigenvalue weighted by Crippen LogP contribution is -2.07. The van der Waals surface area contributed by atoms with Crippen molar-refractivity contribution in [2.24, 2.45) is 0 Å². The highest BCUT2D eigenvalue weighted by atomic mass is 32.2. The lowest BCUT2D eigenvalue weighted by atomic mass is 10.1. The Kier molecular flexibility index (Phi) is 5.63. The Morgan fingerprint density at radius 2 is 2.05 bits per heavy atom. The first kappa shape index (κ1) is 17.0. The molecule has 2 aromatic rings. The summed E-state index contributed by atoms with van der Waals surface area (Å²) in [5.74, 6) is 1.48. The number of aryl methyl sites for hydroxylation is 1. The van der Waals surface area contributed by atoms with Gasteiger partial charge < -0.3 is 4.57 Å². The molecule has 0 amide bonds. The maximum atomic E-state index is 11.2. The van der Waals surface area contributed by atoms with Crippen molar-refractivity contribution in [1.82, 2.24) is 14.8 Å². The van der Waals surface area contributed by atoms with E-state index in [2.05, 4.69) is 27.8 Å². The van der Waals surface area contributed by atoms with E-state index in [0.29, 0.717) is 5.75 Å². The smallest absolute Gasteiger partial charge is 0.191 e. The number of benzene rings is 1. The summed E-state index contributed by atoms with van der Waals surface area (Å²) in [7, 11) is -2.95. The van der Waals surface area contributed by atoms with Crippen molar-refractivity contribution in [3.8, 4) is 11.4 Å². The molecule has 0 aliphatic rings. The van der Waals surface area contributed by atoms with E-state index in [4.69, 9.17) is 0 Å². The number of thioether (sulfide) groups is 1. The molecule has 120 valence electrons. The third kappa shape index (κ3) is 4.58. The van der Waals surface area contributed by atoms with Gasteiger partial charge in [0.25, 0.3) is 0 Å². The van der Waals surface area contributed by atoms with Gasteiger partial charge in [0.2, 0.25) is 0 Å². The number of nitrogens with zero attached hydrogens (tertiary/aromatic N) is 3. The van der Waals surface area contributed by atoms with Crippen molar-refractivity contribution in [1.29, 1.82) is 0 Å². The van der Waals surface area contributed by atoms with Crippen LogP contribution in [-0.2, 0) is 16.4 Å². The van der Waals surface area contributed by atoms with Crippen LogP contribution in [0.1, 0.15) is 18.9 Å². The summed E-state index contributed by atoms with van der Waals surface area (Å²) in [6.45, 7) is 4.97. The van der Waals surface area contributed by atoms with Crippen LogP contribution in [0.5, 0.6) is 0 Å². The summed E-state index contributed by atoms with van der Waals surface area (Å²) in [6.07, 6.45) is 2.22. The monoisotopic (exact) mass is 339 g/mol. The normalized spacial score (nSPS) is 11.8. The molecule has 0 fully saturated rings. The van der Waals surface area contributed by atoms with Crippen molar-refractivity contribution in [3.05, 3.63) is 29.8 Å². The minimum atomic E-state index is -2.95. The molecule has 5 nitrogen and oxygen atoms in total. The van der Waals surface area contributed by atoms with Crippen molar-refractivity contribution in [3.63, 3.8) is 0 Å². The number of rotatable bonds is 7. The number of hydrogen-bond donors (Lipinski definition) is 0. The lowest BCUT2D eigenvalue weighted by Gasteiger charge is -2.09. The van der Waals surface area contributed by atoms with E-state index in [0.717, 1.165) is 29.5 Å². The summed E-state index contributed by atoms with van der Waals surface area (Å²) in [4.78, 5) is 0. The van der Waals surface area contributed by atoms with Crippen LogP contribution in [0.4, 0.5) is 0 Å². The largest absolute Gasteiger partial charge is 0.302 e. The molecule has 0 saturated carbocycles. The van der Waals surface area contributed by atoms with Gasteiger partial charge in [-0.2, -0.15) is 0 Å². The molecule has 0 spiro atoms. The van der Waals surface area contributed by atoms with E-state index in [9.17, 15) is 8.42 Å². The molecule has 0 radical (unpaired) electrons. The minimum absolute atomic E-state index is 0.149. The first-order chi connectivity index (χ1) is 10.4. The van der Waals surface area contributed by atoms with Gasteiger partial charge in [-0.25, -0.2) is 8.42 Å². The highest BCUT2D eigenvalue weighted by Crippen LogP contribution is 2.25. The van der Waals surface area contributed by atoms with Gasteiger partial charge >= 0.3 is 0 Å². The first-order valence-corrected chi connectivity index (χ1v) is 10.3. The van der Waals surface area contributed by atoms with Gasteiger partial charge in [-0.15, -0.1) is 10.2 Å². The summed E-state index contributed by atoms with van der Waals surface area (Å²) in [5, 5.41) is 9.32. The summed E-state index contributed by atoms with van der Waals surface area (Å²) >= 11 is 1.44. The van der Waals surface area contributed by atoms with E-state index < -0.39 is 9.84 Å². The van der Waals surface area contributed by atoms with Crippen LogP contribution in [0.3, 0.4) is 0 Å². The predicted molar refractivity (Wildman–Crippen MR) is 90.9 cm³/mol. The number of sulfone groups is 1. The van der Waals surface area contributed by atoms with Crippen molar-refractivity contribution < 1.29 is 8.42 Å². The Balaban J connectivity index is 2.25. The molecule has 0 unspecified atom stereocenters. The van der Waals surface area contributed by atoms with Gasteiger partial charge in [0.1, 0.15) is 9.84 Å². The maximum Gasteiger partial charge on any atom is 0.191 e. The maximum absolute atomic E-state index is 11.2. The second kappa shape index (κ2) is 7.28. The highest BCUT2D eigenvalue weighted by molar-refractivity contribution is 8.00. The second-order valence-corrected chi connectivity index (χ2v) is 8.63. The second-order valence-electron chi connectivity index (χ2n) is 5.31. The Labute approximate surface area is 136 Å². The Bertz CT molecular complexity index is 739. The van der Waals surface area contributed by atoms with Gasteiger partial charge in [-0.3, -0.25) is 0 Å². The average Bonchev–Trinajstić information content (AvgIpc) is 2.81.